The molecule has 0 bridgehead atoms. The highest BCUT2D eigenvalue weighted by atomic mass is 16.6. The second kappa shape index (κ2) is 6.01. The van der Waals surface area contributed by atoms with Crippen LogP contribution in [0.4, 0.5) is 5.69 Å². The lowest BCUT2D eigenvalue weighted by molar-refractivity contribution is -0.384. The van der Waals surface area contributed by atoms with Crippen molar-refractivity contribution in [3.63, 3.8) is 0 Å². The van der Waals surface area contributed by atoms with E-state index >= 15 is 0 Å². The number of hydrogen-bond acceptors (Lipinski definition) is 6. The van der Waals surface area contributed by atoms with Crippen molar-refractivity contribution in [3.05, 3.63) is 40.2 Å². The number of nitrogens with one attached hydrogen (secondary N) is 1. The quantitative estimate of drug-likeness (QED) is 0.475. The van der Waals surface area contributed by atoms with Gasteiger partial charge in [-0.3, -0.25) is 10.1 Å². The zero-order valence-corrected chi connectivity index (χ0v) is 10.5. The van der Waals surface area contributed by atoms with Crippen molar-refractivity contribution in [1.29, 1.82) is 0 Å². The maximum Gasteiger partial charge on any atom is 0.271 e. The van der Waals surface area contributed by atoms with E-state index in [-0.39, 0.29) is 5.69 Å². The Bertz CT molecular complexity index is 568. The predicted molar refractivity (Wildman–Crippen MR) is 67.8 cm³/mol. The van der Waals surface area contributed by atoms with Crippen LogP contribution in [0.25, 0.3) is 5.69 Å². The molecule has 0 aliphatic carbocycles. The fourth-order valence-electron chi connectivity index (χ4n) is 1.63. The third kappa shape index (κ3) is 3.10. The van der Waals surface area contributed by atoms with E-state index in [0.29, 0.717) is 18.1 Å². The van der Waals surface area contributed by atoms with Gasteiger partial charge in [0.15, 0.2) is 5.82 Å². The first-order valence-corrected chi connectivity index (χ1v) is 5.95. The molecular formula is C11H14N6O2. The molecule has 1 aromatic carbocycles. The lowest BCUT2D eigenvalue weighted by atomic mass is 10.3. The van der Waals surface area contributed by atoms with Crippen LogP contribution < -0.4 is 5.32 Å². The first-order chi connectivity index (χ1) is 9.22. The minimum absolute atomic E-state index is 0.0143. The Labute approximate surface area is 109 Å². The van der Waals surface area contributed by atoms with E-state index in [1.54, 1.807) is 12.1 Å². The molecule has 2 aromatic rings. The Morgan fingerprint density at radius 2 is 2.32 bits per heavy atom. The molecule has 19 heavy (non-hydrogen) atoms. The lowest BCUT2D eigenvalue weighted by Crippen LogP contribution is -2.17. The van der Waals surface area contributed by atoms with Gasteiger partial charge in [-0.1, -0.05) is 13.0 Å². The monoisotopic (exact) mass is 262 g/mol. The Balaban J connectivity index is 2.24. The van der Waals surface area contributed by atoms with E-state index in [1.807, 2.05) is 0 Å². The van der Waals surface area contributed by atoms with Crippen molar-refractivity contribution in [2.75, 3.05) is 6.54 Å². The maximum absolute atomic E-state index is 10.8. The standard InChI is InChI=1S/C11H14N6O2/c1-2-6-12-8-11-13-14-15-16(11)9-4-3-5-10(7-9)17(18)19/h3-5,7,12H,2,6,8H2,1H3. The highest BCUT2D eigenvalue weighted by molar-refractivity contribution is 5.42. The van der Waals surface area contributed by atoms with E-state index < -0.39 is 4.92 Å². The molecule has 1 aromatic heterocycles. The van der Waals surface area contributed by atoms with Gasteiger partial charge >= 0.3 is 0 Å². The predicted octanol–water partition coefficient (Wildman–Crippen LogP) is 1.07. The minimum Gasteiger partial charge on any atom is -0.310 e. The van der Waals surface area contributed by atoms with Crippen molar-refractivity contribution >= 4 is 5.69 Å². The molecule has 2 rings (SSSR count). The van der Waals surface area contributed by atoms with E-state index in [0.717, 1.165) is 13.0 Å². The number of tetrazole rings is 1. The largest absolute Gasteiger partial charge is 0.310 e. The highest BCUT2D eigenvalue weighted by Crippen LogP contribution is 2.16. The molecule has 1 N–H and O–H groups in total. The van der Waals surface area contributed by atoms with E-state index in [4.69, 9.17) is 0 Å². The summed E-state index contributed by atoms with van der Waals surface area (Å²) in [5.41, 5.74) is 0.591. The maximum atomic E-state index is 10.8. The summed E-state index contributed by atoms with van der Waals surface area (Å²) < 4.78 is 1.50. The van der Waals surface area contributed by atoms with E-state index in [1.165, 1.54) is 16.8 Å². The van der Waals surface area contributed by atoms with Gasteiger partial charge in [0, 0.05) is 12.1 Å². The molecule has 0 fully saturated rings. The van der Waals surface area contributed by atoms with Gasteiger partial charge in [0.25, 0.3) is 5.69 Å². The molecule has 0 saturated heterocycles. The number of hydrogen-bond donors (Lipinski definition) is 1. The topological polar surface area (TPSA) is 98.8 Å². The Morgan fingerprint density at radius 1 is 1.47 bits per heavy atom. The molecule has 0 spiro atoms. The summed E-state index contributed by atoms with van der Waals surface area (Å²) in [6, 6.07) is 6.22. The van der Waals surface area contributed by atoms with Gasteiger partial charge in [-0.15, -0.1) is 5.10 Å². The first kappa shape index (κ1) is 13.1. The van der Waals surface area contributed by atoms with Crippen LogP contribution in [0.5, 0.6) is 0 Å². The molecule has 0 unspecified atom stereocenters. The van der Waals surface area contributed by atoms with Crippen LogP contribution >= 0.6 is 0 Å². The van der Waals surface area contributed by atoms with Crippen LogP contribution in [0.15, 0.2) is 24.3 Å². The summed E-state index contributed by atoms with van der Waals surface area (Å²) in [6.45, 7) is 3.45. The number of rotatable bonds is 6. The van der Waals surface area contributed by atoms with Gasteiger partial charge in [0.1, 0.15) is 0 Å². The van der Waals surface area contributed by atoms with Gasteiger partial charge in [-0.25, -0.2) is 0 Å². The molecule has 0 saturated carbocycles. The van der Waals surface area contributed by atoms with Gasteiger partial charge in [-0.2, -0.15) is 4.68 Å². The molecule has 1 heterocycles. The number of nitro groups is 1. The molecule has 0 atom stereocenters. The van der Waals surface area contributed by atoms with Crippen LogP contribution in [0.3, 0.4) is 0 Å². The van der Waals surface area contributed by atoms with Crippen LogP contribution in [-0.2, 0) is 6.54 Å². The Kier molecular flexibility index (Phi) is 4.14. The Hall–Kier alpha value is -2.35. The number of nitrogens with zero attached hydrogens (tertiary/aromatic N) is 5. The van der Waals surface area contributed by atoms with Crippen LogP contribution in [0, 0.1) is 10.1 Å². The minimum atomic E-state index is -0.442. The van der Waals surface area contributed by atoms with Gasteiger partial charge in [-0.05, 0) is 29.5 Å². The lowest BCUT2D eigenvalue weighted by Gasteiger charge is -2.05. The molecule has 8 heteroatoms. The zero-order chi connectivity index (χ0) is 13.7. The normalized spacial score (nSPS) is 10.6. The van der Waals surface area contributed by atoms with E-state index in [2.05, 4.69) is 27.8 Å². The summed E-state index contributed by atoms with van der Waals surface area (Å²) in [4.78, 5) is 10.3. The average molecular weight is 262 g/mol. The fraction of sp³-hybridized carbons (Fsp3) is 0.364. The van der Waals surface area contributed by atoms with Gasteiger partial charge < -0.3 is 5.32 Å². The number of non-ortho nitro benzene ring substituents is 1. The molecule has 0 amide bonds. The molecule has 0 radical (unpaired) electrons. The molecular weight excluding hydrogens is 248 g/mol. The summed E-state index contributed by atoms with van der Waals surface area (Å²) in [5.74, 6) is 0.619. The first-order valence-electron chi connectivity index (χ1n) is 5.95. The molecule has 8 nitrogen and oxygen atoms in total. The summed E-state index contributed by atoms with van der Waals surface area (Å²) in [7, 11) is 0. The second-order valence-electron chi connectivity index (χ2n) is 3.96. The summed E-state index contributed by atoms with van der Waals surface area (Å²) in [6.07, 6.45) is 1.01. The third-order valence-corrected chi connectivity index (χ3v) is 2.53. The van der Waals surface area contributed by atoms with Crippen LogP contribution in [0.2, 0.25) is 0 Å². The average Bonchev–Trinajstić information content (AvgIpc) is 2.87. The second-order valence-corrected chi connectivity index (χ2v) is 3.96. The summed E-state index contributed by atoms with van der Waals surface area (Å²) >= 11 is 0. The zero-order valence-electron chi connectivity index (χ0n) is 10.5. The van der Waals surface area contributed by atoms with Crippen molar-refractivity contribution < 1.29 is 4.92 Å². The fourth-order valence-corrected chi connectivity index (χ4v) is 1.63. The van der Waals surface area contributed by atoms with Gasteiger partial charge in [0.05, 0.1) is 17.2 Å². The summed E-state index contributed by atoms with van der Waals surface area (Å²) in [5, 5.41) is 25.3. The number of nitro benzene ring substituents is 1. The molecule has 0 aliphatic rings. The molecule has 100 valence electrons. The Morgan fingerprint density at radius 3 is 3.05 bits per heavy atom. The van der Waals surface area contributed by atoms with Crippen molar-refractivity contribution in [2.45, 2.75) is 19.9 Å². The number of benzene rings is 1. The third-order valence-electron chi connectivity index (χ3n) is 2.53. The van der Waals surface area contributed by atoms with Crippen LogP contribution in [0.1, 0.15) is 19.2 Å². The smallest absolute Gasteiger partial charge is 0.271 e. The van der Waals surface area contributed by atoms with Crippen molar-refractivity contribution in [1.82, 2.24) is 25.5 Å². The number of aromatic nitrogens is 4. The van der Waals surface area contributed by atoms with Crippen molar-refractivity contribution in [3.8, 4) is 5.69 Å². The highest BCUT2D eigenvalue weighted by Gasteiger charge is 2.11. The SMILES string of the molecule is CCCNCc1nnnn1-c1cccc([N+](=O)[O-])c1. The molecule has 0 aliphatic heterocycles. The van der Waals surface area contributed by atoms with Crippen LogP contribution in [-0.4, -0.2) is 31.7 Å². The van der Waals surface area contributed by atoms with E-state index in [9.17, 15) is 10.1 Å². The van der Waals surface area contributed by atoms with Gasteiger partial charge in [0.2, 0.25) is 0 Å². The van der Waals surface area contributed by atoms with Crippen molar-refractivity contribution in [2.24, 2.45) is 0 Å².